The van der Waals surface area contributed by atoms with E-state index >= 15 is 0 Å². The molecule has 0 radical (unpaired) electrons. The van der Waals surface area contributed by atoms with Crippen molar-refractivity contribution in [3.05, 3.63) is 9.89 Å². The Hall–Kier alpha value is -0.160. The monoisotopic (exact) mass is 223 g/mol. The second-order valence-electron chi connectivity index (χ2n) is 1.74. The van der Waals surface area contributed by atoms with Gasteiger partial charge in [0.25, 0.3) is 5.91 Å². The molecule has 1 rings (SSSR count). The van der Waals surface area contributed by atoms with Crippen molar-refractivity contribution in [2.45, 2.75) is 6.92 Å². The lowest BCUT2D eigenvalue weighted by Gasteiger charge is -2.09. The van der Waals surface area contributed by atoms with Crippen LogP contribution in [0.2, 0.25) is 0 Å². The Balaban J connectivity index is 2.87. The molecule has 56 valence electrons. The molecular formula is C5H6BrNO2S. The molecule has 1 heterocycles. The van der Waals surface area contributed by atoms with Gasteiger partial charge >= 0.3 is 0 Å². The van der Waals surface area contributed by atoms with E-state index in [1.165, 1.54) is 9.71 Å². The van der Waals surface area contributed by atoms with E-state index in [4.69, 9.17) is 0 Å². The summed E-state index contributed by atoms with van der Waals surface area (Å²) >= 11 is 3.00. The molecule has 3 nitrogen and oxygen atoms in total. The van der Waals surface area contributed by atoms with Crippen molar-refractivity contribution in [1.82, 2.24) is 4.31 Å². The summed E-state index contributed by atoms with van der Waals surface area (Å²) in [7, 11) is -1.25. The topological polar surface area (TPSA) is 37.4 Å². The molecule has 0 fully saturated rings. The van der Waals surface area contributed by atoms with Gasteiger partial charge in [-0.2, -0.15) is 0 Å². The number of nitrogens with zero attached hydrogens (tertiary/aromatic N) is 1. The van der Waals surface area contributed by atoms with Crippen LogP contribution in [0.25, 0.3) is 0 Å². The minimum Gasteiger partial charge on any atom is -0.267 e. The van der Waals surface area contributed by atoms with Crippen molar-refractivity contribution in [3.63, 3.8) is 0 Å². The SMILES string of the molecule is CCN1C(=O)C(Br)=CS1=O. The molecule has 0 N–H and O–H groups in total. The number of amides is 1. The fourth-order valence-electron chi connectivity index (χ4n) is 0.674. The summed E-state index contributed by atoms with van der Waals surface area (Å²) in [6, 6.07) is 0. The quantitative estimate of drug-likeness (QED) is 0.659. The van der Waals surface area contributed by atoms with E-state index in [2.05, 4.69) is 15.9 Å². The van der Waals surface area contributed by atoms with Crippen LogP contribution in [0.3, 0.4) is 0 Å². The first-order valence-corrected chi connectivity index (χ1v) is 4.73. The lowest BCUT2D eigenvalue weighted by Crippen LogP contribution is -2.26. The molecule has 0 saturated carbocycles. The van der Waals surface area contributed by atoms with Gasteiger partial charge in [-0.1, -0.05) is 0 Å². The van der Waals surface area contributed by atoms with E-state index in [0.717, 1.165) is 0 Å². The number of carbonyl (C=O) groups excluding carboxylic acids is 1. The van der Waals surface area contributed by atoms with Crippen LogP contribution in [-0.2, 0) is 15.8 Å². The molecule has 0 spiro atoms. The molecule has 1 unspecified atom stereocenters. The van der Waals surface area contributed by atoms with Gasteiger partial charge in [-0.25, -0.2) is 4.21 Å². The summed E-state index contributed by atoms with van der Waals surface area (Å²) in [6.07, 6.45) is 0. The highest BCUT2D eigenvalue weighted by molar-refractivity contribution is 9.12. The first kappa shape index (κ1) is 7.94. The normalized spacial score (nSPS) is 25.4. The highest BCUT2D eigenvalue weighted by Crippen LogP contribution is 2.19. The maximum atomic E-state index is 11.0. The number of hydrogen-bond donors (Lipinski definition) is 0. The van der Waals surface area contributed by atoms with Gasteiger partial charge in [0.15, 0.2) is 0 Å². The second-order valence-corrected chi connectivity index (χ2v) is 3.82. The van der Waals surface area contributed by atoms with Gasteiger partial charge < -0.3 is 0 Å². The predicted octanol–water partition coefficient (Wildman–Crippen LogP) is 0.749. The van der Waals surface area contributed by atoms with Crippen LogP contribution >= 0.6 is 15.9 Å². The van der Waals surface area contributed by atoms with Crippen LogP contribution in [0.5, 0.6) is 0 Å². The third kappa shape index (κ3) is 1.15. The average Bonchev–Trinajstić information content (AvgIpc) is 2.09. The molecule has 1 aliphatic heterocycles. The third-order valence-electron chi connectivity index (χ3n) is 1.14. The minimum atomic E-state index is -1.25. The highest BCUT2D eigenvalue weighted by Gasteiger charge is 2.26. The molecule has 0 aromatic rings. The van der Waals surface area contributed by atoms with Gasteiger partial charge in [0.2, 0.25) is 0 Å². The minimum absolute atomic E-state index is 0.194. The van der Waals surface area contributed by atoms with Crippen LogP contribution in [0, 0.1) is 0 Å². The molecule has 0 aromatic heterocycles. The lowest BCUT2D eigenvalue weighted by molar-refractivity contribution is -0.121. The van der Waals surface area contributed by atoms with Crippen LogP contribution in [0.1, 0.15) is 6.92 Å². The van der Waals surface area contributed by atoms with E-state index < -0.39 is 11.0 Å². The Morgan fingerprint density at radius 1 is 1.80 bits per heavy atom. The number of hydrogen-bond acceptors (Lipinski definition) is 2. The maximum absolute atomic E-state index is 11.0. The standard InChI is InChI=1S/C5H6BrNO2S/c1-2-7-5(8)4(6)3-10(7)9/h3H,2H2,1H3. The van der Waals surface area contributed by atoms with Gasteiger partial charge in [0.05, 0.1) is 4.48 Å². The van der Waals surface area contributed by atoms with Crippen molar-refractivity contribution < 1.29 is 9.00 Å². The molecule has 1 aliphatic rings. The predicted molar refractivity (Wildman–Crippen MR) is 42.5 cm³/mol. The smallest absolute Gasteiger partial charge is 0.267 e. The summed E-state index contributed by atoms with van der Waals surface area (Å²) in [5.41, 5.74) is 0. The lowest BCUT2D eigenvalue weighted by atomic mass is 10.6. The highest BCUT2D eigenvalue weighted by atomic mass is 79.9. The Morgan fingerprint density at radius 3 is 2.60 bits per heavy atom. The summed E-state index contributed by atoms with van der Waals surface area (Å²) in [5.74, 6) is -0.194. The van der Waals surface area contributed by atoms with Crippen molar-refractivity contribution >= 4 is 32.8 Å². The van der Waals surface area contributed by atoms with Crippen LogP contribution in [-0.4, -0.2) is 21.0 Å². The summed E-state index contributed by atoms with van der Waals surface area (Å²) in [4.78, 5) is 11.0. The van der Waals surface area contributed by atoms with Crippen LogP contribution in [0.15, 0.2) is 9.89 Å². The third-order valence-corrected chi connectivity index (χ3v) is 3.31. The van der Waals surface area contributed by atoms with E-state index in [1.54, 1.807) is 6.92 Å². The summed E-state index contributed by atoms with van der Waals surface area (Å²) < 4.78 is 12.6. The first-order valence-electron chi connectivity index (χ1n) is 2.76. The molecule has 1 atom stereocenters. The molecule has 1 amide bonds. The molecule has 0 saturated heterocycles. The Morgan fingerprint density at radius 2 is 2.40 bits per heavy atom. The van der Waals surface area contributed by atoms with Crippen LogP contribution < -0.4 is 0 Å². The van der Waals surface area contributed by atoms with E-state index in [0.29, 0.717) is 11.0 Å². The Bertz CT molecular complexity index is 226. The van der Waals surface area contributed by atoms with Crippen molar-refractivity contribution in [3.8, 4) is 0 Å². The first-order chi connectivity index (χ1) is 4.66. The van der Waals surface area contributed by atoms with Gasteiger partial charge in [-0.05, 0) is 22.9 Å². The van der Waals surface area contributed by atoms with Crippen molar-refractivity contribution in [2.75, 3.05) is 6.54 Å². The molecule has 0 aliphatic carbocycles. The fraction of sp³-hybridized carbons (Fsp3) is 0.400. The number of halogens is 1. The van der Waals surface area contributed by atoms with Gasteiger partial charge in [-0.3, -0.25) is 9.10 Å². The largest absolute Gasteiger partial charge is 0.273 e. The van der Waals surface area contributed by atoms with Crippen LogP contribution in [0.4, 0.5) is 0 Å². The van der Waals surface area contributed by atoms with Gasteiger partial charge in [-0.15, -0.1) is 0 Å². The maximum Gasteiger partial charge on any atom is 0.273 e. The molecular weight excluding hydrogens is 218 g/mol. The van der Waals surface area contributed by atoms with Crippen molar-refractivity contribution in [2.24, 2.45) is 0 Å². The zero-order chi connectivity index (χ0) is 7.72. The number of rotatable bonds is 1. The molecule has 10 heavy (non-hydrogen) atoms. The molecule has 5 heteroatoms. The number of likely N-dealkylation sites (N-methyl/N-ethyl adjacent to an activating group) is 1. The zero-order valence-electron chi connectivity index (χ0n) is 5.33. The molecule has 0 aromatic carbocycles. The van der Waals surface area contributed by atoms with E-state index in [9.17, 15) is 9.00 Å². The summed E-state index contributed by atoms with van der Waals surface area (Å²) in [5, 5.41) is 1.39. The Labute approximate surface area is 69.8 Å². The molecule has 0 bridgehead atoms. The second kappa shape index (κ2) is 2.84. The average molecular weight is 224 g/mol. The van der Waals surface area contributed by atoms with Gasteiger partial charge in [0.1, 0.15) is 11.0 Å². The van der Waals surface area contributed by atoms with E-state index in [1.807, 2.05) is 0 Å². The van der Waals surface area contributed by atoms with Gasteiger partial charge in [0, 0.05) is 12.0 Å². The summed E-state index contributed by atoms with van der Waals surface area (Å²) in [6.45, 7) is 2.27. The fourth-order valence-corrected chi connectivity index (χ4v) is 2.41. The van der Waals surface area contributed by atoms with E-state index in [-0.39, 0.29) is 5.91 Å². The van der Waals surface area contributed by atoms with Crippen molar-refractivity contribution in [1.29, 1.82) is 0 Å². The zero-order valence-corrected chi connectivity index (χ0v) is 7.74. The number of carbonyl (C=O) groups is 1. The Kier molecular flexibility index (Phi) is 2.25.